The van der Waals surface area contributed by atoms with Crippen molar-refractivity contribution < 1.29 is 13.6 Å². The van der Waals surface area contributed by atoms with E-state index in [4.69, 9.17) is 8.83 Å². The smallest absolute Gasteiger partial charge is 0.307 e. The van der Waals surface area contributed by atoms with Gasteiger partial charge in [-0.05, 0) is 48.2 Å². The molecule has 0 aliphatic heterocycles. The maximum absolute atomic E-state index is 11.7. The lowest BCUT2D eigenvalue weighted by Crippen LogP contribution is -2.16. The first kappa shape index (κ1) is 16.2. The number of amides is 1. The Morgan fingerprint density at radius 2 is 2.04 bits per heavy atom. The van der Waals surface area contributed by atoms with Crippen LogP contribution in [0.25, 0.3) is 10.9 Å². The molecule has 0 bridgehead atoms. The lowest BCUT2D eigenvalue weighted by molar-refractivity contribution is 0.0927. The molecule has 26 heavy (non-hydrogen) atoms. The van der Waals surface area contributed by atoms with Gasteiger partial charge >= 0.3 is 5.91 Å². The summed E-state index contributed by atoms with van der Waals surface area (Å²) in [5, 5.41) is 5.65. The molecule has 0 spiro atoms. The lowest BCUT2D eigenvalue weighted by Gasteiger charge is -2.02. The van der Waals surface area contributed by atoms with Crippen molar-refractivity contribution in [2.24, 2.45) is 5.10 Å². The Balaban J connectivity index is 1.44. The van der Waals surface area contributed by atoms with E-state index in [-0.39, 0.29) is 5.76 Å². The van der Waals surface area contributed by atoms with Crippen LogP contribution in [-0.2, 0) is 0 Å². The van der Waals surface area contributed by atoms with Crippen LogP contribution in [0.5, 0.6) is 0 Å². The average Bonchev–Trinajstić information content (AvgIpc) is 3.34. The Bertz CT molecular complexity index is 1070. The molecule has 6 nitrogen and oxygen atoms in total. The van der Waals surface area contributed by atoms with E-state index >= 15 is 0 Å². The van der Waals surface area contributed by atoms with Crippen LogP contribution in [0.2, 0.25) is 0 Å². The number of hydrogen-bond donors (Lipinski definition) is 1. The molecule has 1 N–H and O–H groups in total. The van der Waals surface area contributed by atoms with Gasteiger partial charge < -0.3 is 8.83 Å². The molecule has 0 unspecified atom stereocenters. The first-order valence-electron chi connectivity index (χ1n) is 7.78. The number of furan rings is 2. The van der Waals surface area contributed by atoms with E-state index in [9.17, 15) is 4.79 Å². The average molecular weight is 363 g/mol. The standard InChI is InChI=1S/C19H13N3O3S/c23-19(15-6-3-11-24-15)22-21-12-14-8-9-17(25-14)26-16-7-1-4-13-5-2-10-20-18(13)16/h1-12H,(H,22,23)/b21-12-. The predicted octanol–water partition coefficient (Wildman–Crippen LogP) is 4.34. The number of aromatic nitrogens is 1. The molecule has 4 aromatic rings. The summed E-state index contributed by atoms with van der Waals surface area (Å²) in [6, 6.07) is 16.8. The largest absolute Gasteiger partial charge is 0.459 e. The van der Waals surface area contributed by atoms with Gasteiger partial charge in [0.05, 0.1) is 18.0 Å². The molecule has 4 rings (SSSR count). The SMILES string of the molecule is O=C(N/N=C\c1ccc(Sc2cccc3cccnc23)o1)c1ccco1. The summed E-state index contributed by atoms with van der Waals surface area (Å²) >= 11 is 1.48. The summed E-state index contributed by atoms with van der Waals surface area (Å²) < 4.78 is 10.7. The van der Waals surface area contributed by atoms with Gasteiger partial charge in [0.1, 0.15) is 5.76 Å². The Kier molecular flexibility index (Phi) is 4.53. The van der Waals surface area contributed by atoms with Crippen molar-refractivity contribution >= 4 is 34.8 Å². The number of nitrogens with zero attached hydrogens (tertiary/aromatic N) is 2. The molecule has 0 aliphatic carbocycles. The lowest BCUT2D eigenvalue weighted by atomic mass is 10.2. The van der Waals surface area contributed by atoms with E-state index in [0.717, 1.165) is 15.8 Å². The quantitative estimate of drug-likeness (QED) is 0.421. The van der Waals surface area contributed by atoms with E-state index in [2.05, 4.69) is 15.5 Å². The van der Waals surface area contributed by atoms with Gasteiger partial charge in [0, 0.05) is 16.5 Å². The number of hydrazone groups is 1. The van der Waals surface area contributed by atoms with Crippen LogP contribution in [-0.4, -0.2) is 17.1 Å². The number of pyridine rings is 1. The van der Waals surface area contributed by atoms with Crippen molar-refractivity contribution in [2.75, 3.05) is 0 Å². The maximum atomic E-state index is 11.7. The van der Waals surface area contributed by atoms with Gasteiger partial charge in [0.2, 0.25) is 0 Å². The van der Waals surface area contributed by atoms with Crippen molar-refractivity contribution in [1.29, 1.82) is 0 Å². The number of nitrogens with one attached hydrogen (secondary N) is 1. The number of rotatable bonds is 5. The minimum atomic E-state index is -0.422. The number of fused-ring (bicyclic) bond motifs is 1. The van der Waals surface area contributed by atoms with Crippen molar-refractivity contribution in [3.05, 3.63) is 78.6 Å². The van der Waals surface area contributed by atoms with Crippen LogP contribution >= 0.6 is 11.8 Å². The fourth-order valence-electron chi connectivity index (χ4n) is 2.34. The highest BCUT2D eigenvalue weighted by Gasteiger charge is 2.08. The molecule has 3 heterocycles. The van der Waals surface area contributed by atoms with Crippen LogP contribution in [0.3, 0.4) is 0 Å². The van der Waals surface area contributed by atoms with Crippen molar-refractivity contribution in [3.63, 3.8) is 0 Å². The minimum absolute atomic E-state index is 0.196. The fourth-order valence-corrected chi connectivity index (χ4v) is 3.25. The summed E-state index contributed by atoms with van der Waals surface area (Å²) in [5.41, 5.74) is 3.30. The van der Waals surface area contributed by atoms with Gasteiger partial charge in [0.25, 0.3) is 0 Å². The van der Waals surface area contributed by atoms with Crippen molar-refractivity contribution in [1.82, 2.24) is 10.4 Å². The summed E-state index contributed by atoms with van der Waals surface area (Å²) in [7, 11) is 0. The Hall–Kier alpha value is -3.32. The molecule has 128 valence electrons. The zero-order chi connectivity index (χ0) is 17.8. The zero-order valence-corrected chi connectivity index (χ0v) is 14.3. The Labute approximate surface area is 152 Å². The second kappa shape index (κ2) is 7.28. The Morgan fingerprint density at radius 1 is 1.12 bits per heavy atom. The van der Waals surface area contributed by atoms with E-state index in [0.29, 0.717) is 10.9 Å². The van der Waals surface area contributed by atoms with Crippen LogP contribution in [0.15, 0.2) is 91.0 Å². The number of carbonyl (C=O) groups is 1. The molecule has 0 fully saturated rings. The third-order valence-electron chi connectivity index (χ3n) is 3.51. The zero-order valence-electron chi connectivity index (χ0n) is 13.5. The molecule has 7 heteroatoms. The molecule has 0 atom stereocenters. The molecule has 1 amide bonds. The predicted molar refractivity (Wildman–Crippen MR) is 98.3 cm³/mol. The number of carbonyl (C=O) groups excluding carboxylic acids is 1. The van der Waals surface area contributed by atoms with Gasteiger partial charge in [-0.1, -0.05) is 18.2 Å². The van der Waals surface area contributed by atoms with Gasteiger partial charge in [0.15, 0.2) is 10.9 Å². The molecule has 0 radical (unpaired) electrons. The molecule has 0 saturated carbocycles. The molecule has 1 aromatic carbocycles. The third-order valence-corrected chi connectivity index (χ3v) is 4.48. The molecule has 0 saturated heterocycles. The van der Waals surface area contributed by atoms with Crippen molar-refractivity contribution in [2.45, 2.75) is 9.99 Å². The Morgan fingerprint density at radius 3 is 2.92 bits per heavy atom. The third kappa shape index (κ3) is 3.52. The van der Waals surface area contributed by atoms with Crippen LogP contribution in [0.4, 0.5) is 0 Å². The maximum Gasteiger partial charge on any atom is 0.307 e. The van der Waals surface area contributed by atoms with Crippen molar-refractivity contribution in [3.8, 4) is 0 Å². The highest BCUT2D eigenvalue weighted by molar-refractivity contribution is 7.99. The fraction of sp³-hybridized carbons (Fsp3) is 0. The van der Waals surface area contributed by atoms with Gasteiger partial charge in [-0.2, -0.15) is 5.10 Å². The van der Waals surface area contributed by atoms with Crippen LogP contribution in [0.1, 0.15) is 16.3 Å². The minimum Gasteiger partial charge on any atom is -0.459 e. The molecular weight excluding hydrogens is 350 g/mol. The summed E-state index contributed by atoms with van der Waals surface area (Å²) in [5.74, 6) is 0.302. The highest BCUT2D eigenvalue weighted by atomic mass is 32.2. The number of para-hydroxylation sites is 1. The summed E-state index contributed by atoms with van der Waals surface area (Å²) in [4.78, 5) is 17.1. The van der Waals surface area contributed by atoms with Gasteiger partial charge in [-0.3, -0.25) is 9.78 Å². The first-order valence-corrected chi connectivity index (χ1v) is 8.59. The van der Waals surface area contributed by atoms with E-state index in [1.165, 1.54) is 24.2 Å². The van der Waals surface area contributed by atoms with Gasteiger partial charge in [-0.25, -0.2) is 5.43 Å². The number of hydrogen-bond acceptors (Lipinski definition) is 6. The number of benzene rings is 1. The van der Waals surface area contributed by atoms with Gasteiger partial charge in [-0.15, -0.1) is 0 Å². The van der Waals surface area contributed by atoms with Crippen LogP contribution < -0.4 is 5.43 Å². The normalized spacial score (nSPS) is 11.2. The molecule has 0 aliphatic rings. The highest BCUT2D eigenvalue weighted by Crippen LogP contribution is 2.33. The monoisotopic (exact) mass is 363 g/mol. The van der Waals surface area contributed by atoms with E-state index < -0.39 is 5.91 Å². The summed E-state index contributed by atoms with van der Waals surface area (Å²) in [6.45, 7) is 0. The van der Waals surface area contributed by atoms with E-state index in [1.54, 1.807) is 24.4 Å². The van der Waals surface area contributed by atoms with Crippen LogP contribution in [0, 0.1) is 0 Å². The molecule has 3 aromatic heterocycles. The topological polar surface area (TPSA) is 80.6 Å². The first-order chi connectivity index (χ1) is 12.8. The summed E-state index contributed by atoms with van der Waals surface area (Å²) in [6.07, 6.45) is 4.64. The second-order valence-corrected chi connectivity index (χ2v) is 6.31. The molecular formula is C19H13N3O3S. The van der Waals surface area contributed by atoms with E-state index in [1.807, 2.05) is 36.4 Å². The second-order valence-electron chi connectivity index (χ2n) is 5.27.